The fourth-order valence-corrected chi connectivity index (χ4v) is 2.31. The van der Waals surface area contributed by atoms with Gasteiger partial charge in [0.25, 0.3) is 0 Å². The number of nitrogens with one attached hydrogen (secondary N) is 2. The van der Waals surface area contributed by atoms with Crippen molar-refractivity contribution >= 4 is 23.2 Å². The van der Waals surface area contributed by atoms with Gasteiger partial charge in [-0.3, -0.25) is 4.99 Å². The van der Waals surface area contributed by atoms with Crippen LogP contribution in [0.1, 0.15) is 6.92 Å². The van der Waals surface area contributed by atoms with Crippen LogP contribution in [-0.4, -0.2) is 44.9 Å². The number of benzene rings is 1. The minimum absolute atomic E-state index is 0.393. The second-order valence-electron chi connectivity index (χ2n) is 5.06. The number of rotatable bonds is 8. The van der Waals surface area contributed by atoms with E-state index >= 15 is 0 Å². The lowest BCUT2D eigenvalue weighted by atomic mass is 10.2. The number of hydrogen-bond acceptors (Lipinski definition) is 5. The smallest absolute Gasteiger partial charge is 0.232 e. The van der Waals surface area contributed by atoms with E-state index in [9.17, 15) is 0 Å². The van der Waals surface area contributed by atoms with Crippen molar-refractivity contribution in [3.63, 3.8) is 0 Å². The van der Waals surface area contributed by atoms with Crippen molar-refractivity contribution in [1.82, 2.24) is 10.3 Å². The predicted molar refractivity (Wildman–Crippen MR) is 104 cm³/mol. The first kappa shape index (κ1) is 19.7. The molecule has 26 heavy (non-hydrogen) atoms. The first-order valence-corrected chi connectivity index (χ1v) is 8.57. The molecule has 0 unspecified atom stereocenters. The molecule has 0 saturated carbocycles. The highest BCUT2D eigenvalue weighted by Crippen LogP contribution is 2.30. The minimum Gasteiger partial charge on any atom is -0.493 e. The molecule has 0 aliphatic carbocycles. The molecule has 1 heterocycles. The molecule has 0 radical (unpaired) electrons. The number of nitrogens with zero attached hydrogens (tertiary/aromatic N) is 2. The van der Waals surface area contributed by atoms with Gasteiger partial charge in [-0.25, -0.2) is 4.98 Å². The third-order valence-electron chi connectivity index (χ3n) is 3.31. The summed E-state index contributed by atoms with van der Waals surface area (Å²) in [4.78, 5) is 8.26. The van der Waals surface area contributed by atoms with Crippen LogP contribution in [0.25, 0.3) is 0 Å². The van der Waals surface area contributed by atoms with Crippen LogP contribution < -0.4 is 24.8 Å². The summed E-state index contributed by atoms with van der Waals surface area (Å²) in [5.74, 6) is 2.37. The van der Waals surface area contributed by atoms with Gasteiger partial charge in [0, 0.05) is 25.0 Å². The Bertz CT molecular complexity index is 740. The van der Waals surface area contributed by atoms with E-state index in [0.29, 0.717) is 48.1 Å². The summed E-state index contributed by atoms with van der Waals surface area (Å²) in [6.07, 6.45) is 1.63. The lowest BCUT2D eigenvalue weighted by Crippen LogP contribution is -2.33. The molecule has 2 rings (SSSR count). The van der Waals surface area contributed by atoms with Crippen LogP contribution in [-0.2, 0) is 0 Å². The van der Waals surface area contributed by atoms with E-state index in [0.717, 1.165) is 5.69 Å². The van der Waals surface area contributed by atoms with Crippen LogP contribution in [0.2, 0.25) is 5.02 Å². The van der Waals surface area contributed by atoms with Crippen molar-refractivity contribution in [1.29, 1.82) is 0 Å². The van der Waals surface area contributed by atoms with Crippen molar-refractivity contribution in [3.8, 4) is 17.4 Å². The molecule has 1 aromatic heterocycles. The molecule has 0 aliphatic rings. The number of guanidine groups is 1. The number of halogens is 1. The Labute approximate surface area is 158 Å². The zero-order chi connectivity index (χ0) is 18.8. The zero-order valence-corrected chi connectivity index (χ0v) is 15.8. The molecule has 0 spiro atoms. The topological polar surface area (TPSA) is 77.0 Å². The van der Waals surface area contributed by atoms with Crippen LogP contribution in [0.3, 0.4) is 0 Å². The van der Waals surface area contributed by atoms with Crippen molar-refractivity contribution in [2.75, 3.05) is 39.2 Å². The standard InChI is InChI=1S/C18H23ClN4O3/c1-4-25-15-8-7-13(12-16(15)24-3)23-18(20-2)22-10-11-26-17-14(19)6-5-9-21-17/h5-9,12H,4,10-11H2,1-3H3,(H2,20,22,23). The molecular formula is C18H23ClN4O3. The van der Waals surface area contributed by atoms with Crippen LogP contribution in [0.5, 0.6) is 17.4 Å². The van der Waals surface area contributed by atoms with E-state index in [1.165, 1.54) is 0 Å². The number of ether oxygens (including phenoxy) is 3. The lowest BCUT2D eigenvalue weighted by molar-refractivity contribution is 0.310. The third kappa shape index (κ3) is 5.70. The summed E-state index contributed by atoms with van der Waals surface area (Å²) in [6, 6.07) is 9.08. The van der Waals surface area contributed by atoms with Crippen LogP contribution in [0.4, 0.5) is 5.69 Å². The van der Waals surface area contributed by atoms with Gasteiger partial charge in [-0.15, -0.1) is 0 Å². The molecule has 0 fully saturated rings. The Morgan fingerprint density at radius 3 is 2.77 bits per heavy atom. The molecule has 2 aromatic rings. The highest BCUT2D eigenvalue weighted by molar-refractivity contribution is 6.31. The molecule has 8 heteroatoms. The van der Waals surface area contributed by atoms with Crippen molar-refractivity contribution in [2.24, 2.45) is 4.99 Å². The van der Waals surface area contributed by atoms with Gasteiger partial charge >= 0.3 is 0 Å². The van der Waals surface area contributed by atoms with E-state index in [-0.39, 0.29) is 0 Å². The van der Waals surface area contributed by atoms with Crippen molar-refractivity contribution in [3.05, 3.63) is 41.6 Å². The lowest BCUT2D eigenvalue weighted by Gasteiger charge is -2.15. The van der Waals surface area contributed by atoms with Crippen molar-refractivity contribution < 1.29 is 14.2 Å². The SMILES string of the molecule is CCOc1ccc(NC(=NC)NCCOc2ncccc2Cl)cc1OC. The summed E-state index contributed by atoms with van der Waals surface area (Å²) in [6.45, 7) is 3.43. The molecule has 0 atom stereocenters. The van der Waals surface area contributed by atoms with Gasteiger partial charge in [-0.05, 0) is 31.2 Å². The Hall–Kier alpha value is -2.67. The van der Waals surface area contributed by atoms with E-state index < -0.39 is 0 Å². The summed E-state index contributed by atoms with van der Waals surface area (Å²) >= 11 is 6.00. The number of aromatic nitrogens is 1. The summed E-state index contributed by atoms with van der Waals surface area (Å²) in [5.41, 5.74) is 0.826. The van der Waals surface area contributed by atoms with Crippen LogP contribution in [0, 0.1) is 0 Å². The minimum atomic E-state index is 0.393. The van der Waals surface area contributed by atoms with Gasteiger partial charge in [0.2, 0.25) is 5.88 Å². The Morgan fingerprint density at radius 1 is 1.23 bits per heavy atom. The average molecular weight is 379 g/mol. The summed E-state index contributed by atoms with van der Waals surface area (Å²) in [7, 11) is 3.30. The molecule has 140 valence electrons. The fraction of sp³-hybridized carbons (Fsp3) is 0.333. The molecule has 0 saturated heterocycles. The van der Waals surface area contributed by atoms with Gasteiger partial charge in [-0.1, -0.05) is 11.6 Å². The Morgan fingerprint density at radius 2 is 2.08 bits per heavy atom. The first-order valence-electron chi connectivity index (χ1n) is 8.19. The maximum Gasteiger partial charge on any atom is 0.232 e. The zero-order valence-electron chi connectivity index (χ0n) is 15.1. The Kier molecular flexibility index (Phi) is 7.82. The van der Waals surface area contributed by atoms with Gasteiger partial charge < -0.3 is 24.8 Å². The number of aliphatic imine (C=N–C) groups is 1. The average Bonchev–Trinajstić information content (AvgIpc) is 2.66. The highest BCUT2D eigenvalue weighted by Gasteiger charge is 2.07. The normalized spacial score (nSPS) is 11.0. The third-order valence-corrected chi connectivity index (χ3v) is 3.60. The number of pyridine rings is 1. The van der Waals surface area contributed by atoms with Gasteiger partial charge in [-0.2, -0.15) is 0 Å². The van der Waals surface area contributed by atoms with Crippen LogP contribution >= 0.6 is 11.6 Å². The quantitative estimate of drug-likeness (QED) is 0.417. The van der Waals surface area contributed by atoms with Crippen molar-refractivity contribution in [2.45, 2.75) is 6.92 Å². The number of hydrogen-bond donors (Lipinski definition) is 2. The van der Waals surface area contributed by atoms with E-state index in [1.807, 2.05) is 25.1 Å². The largest absolute Gasteiger partial charge is 0.493 e. The number of methoxy groups -OCH3 is 1. The van der Waals surface area contributed by atoms with Gasteiger partial charge in [0.05, 0.1) is 20.3 Å². The molecule has 0 amide bonds. The summed E-state index contributed by atoms with van der Waals surface area (Å²) < 4.78 is 16.4. The van der Waals surface area contributed by atoms with Gasteiger partial charge in [0.15, 0.2) is 17.5 Å². The maximum absolute atomic E-state index is 6.00. The first-order chi connectivity index (χ1) is 12.7. The Balaban J connectivity index is 1.86. The fourth-order valence-electron chi connectivity index (χ4n) is 2.13. The monoisotopic (exact) mass is 378 g/mol. The van der Waals surface area contributed by atoms with E-state index in [4.69, 9.17) is 25.8 Å². The molecule has 0 bridgehead atoms. The maximum atomic E-state index is 6.00. The molecular weight excluding hydrogens is 356 g/mol. The van der Waals surface area contributed by atoms with Crippen LogP contribution in [0.15, 0.2) is 41.5 Å². The second kappa shape index (κ2) is 10.4. The van der Waals surface area contributed by atoms with Gasteiger partial charge in [0.1, 0.15) is 11.6 Å². The second-order valence-corrected chi connectivity index (χ2v) is 5.47. The number of anilines is 1. The predicted octanol–water partition coefficient (Wildman–Crippen LogP) is 3.21. The van der Waals surface area contributed by atoms with E-state index in [2.05, 4.69) is 20.6 Å². The molecule has 2 N–H and O–H groups in total. The molecule has 0 aliphatic heterocycles. The summed E-state index contributed by atoms with van der Waals surface area (Å²) in [5, 5.41) is 6.83. The molecule has 1 aromatic carbocycles. The molecule has 7 nitrogen and oxygen atoms in total. The van der Waals surface area contributed by atoms with E-state index in [1.54, 1.807) is 32.5 Å². The highest BCUT2D eigenvalue weighted by atomic mass is 35.5.